The Balaban J connectivity index is 1.37. The van der Waals surface area contributed by atoms with Crippen molar-refractivity contribution < 1.29 is 9.47 Å². The molecule has 150 valence electrons. The normalized spacial score (nSPS) is 21.9. The van der Waals surface area contributed by atoms with Gasteiger partial charge >= 0.3 is 0 Å². The number of methoxy groups -OCH3 is 1. The number of aromatic amines is 1. The number of benzene rings is 1. The molecule has 4 aromatic rings. The first-order valence-corrected chi connectivity index (χ1v) is 10.2. The summed E-state index contributed by atoms with van der Waals surface area (Å²) in [5.74, 6) is 2.75. The average molecular weight is 391 g/mol. The molecule has 1 saturated carbocycles. The number of hydrogen-bond donors (Lipinski definition) is 1. The topological polar surface area (TPSA) is 77.3 Å². The van der Waals surface area contributed by atoms with E-state index in [1.165, 1.54) is 0 Å². The number of nitrogens with zero attached hydrogens (tertiary/aromatic N) is 4. The third kappa shape index (κ3) is 3.25. The van der Waals surface area contributed by atoms with Gasteiger partial charge in [0.15, 0.2) is 11.3 Å². The first kappa shape index (κ1) is 18.1. The summed E-state index contributed by atoms with van der Waals surface area (Å²) in [5.41, 5.74) is 3.84. The van der Waals surface area contributed by atoms with E-state index >= 15 is 0 Å². The molecule has 1 fully saturated rings. The van der Waals surface area contributed by atoms with Crippen molar-refractivity contribution in [3.8, 4) is 5.75 Å². The maximum Gasteiger partial charge on any atom is 0.179 e. The van der Waals surface area contributed by atoms with Gasteiger partial charge < -0.3 is 14.5 Å². The summed E-state index contributed by atoms with van der Waals surface area (Å²) < 4.78 is 13.7. The maximum absolute atomic E-state index is 6.29. The van der Waals surface area contributed by atoms with Crippen molar-refractivity contribution in [2.75, 3.05) is 7.11 Å². The van der Waals surface area contributed by atoms with Gasteiger partial charge in [-0.1, -0.05) is 25.5 Å². The predicted molar refractivity (Wildman–Crippen MR) is 110 cm³/mol. The van der Waals surface area contributed by atoms with Gasteiger partial charge in [0.1, 0.15) is 11.6 Å². The zero-order chi connectivity index (χ0) is 19.8. The molecule has 3 aromatic heterocycles. The number of H-pyrrole nitrogens is 1. The number of ether oxygens (including phenoxy) is 2. The van der Waals surface area contributed by atoms with Gasteiger partial charge in [-0.15, -0.1) is 10.2 Å². The summed E-state index contributed by atoms with van der Waals surface area (Å²) in [6, 6.07) is 10.1. The van der Waals surface area contributed by atoms with Crippen LogP contribution in [0.15, 0.2) is 42.7 Å². The monoisotopic (exact) mass is 391 g/mol. The van der Waals surface area contributed by atoms with Gasteiger partial charge in [0.25, 0.3) is 0 Å². The van der Waals surface area contributed by atoms with E-state index in [2.05, 4.69) is 43.6 Å². The molecule has 7 heteroatoms. The van der Waals surface area contributed by atoms with Crippen LogP contribution in [0.25, 0.3) is 16.8 Å². The molecule has 0 bridgehead atoms. The van der Waals surface area contributed by atoms with Crippen LogP contribution in [0, 0.1) is 5.92 Å². The van der Waals surface area contributed by atoms with Crippen LogP contribution in [0.4, 0.5) is 0 Å². The average Bonchev–Trinajstić information content (AvgIpc) is 3.48. The molecule has 0 spiro atoms. The van der Waals surface area contributed by atoms with Gasteiger partial charge in [0, 0.05) is 12.1 Å². The molecule has 1 N–H and O–H groups in total. The number of aromatic nitrogens is 5. The Labute approximate surface area is 169 Å². The van der Waals surface area contributed by atoms with Crippen LogP contribution in [-0.2, 0) is 11.3 Å². The van der Waals surface area contributed by atoms with Crippen LogP contribution in [0.3, 0.4) is 0 Å². The molecular formula is C22H25N5O2. The second-order valence-corrected chi connectivity index (χ2v) is 7.75. The maximum atomic E-state index is 6.29. The minimum Gasteiger partial charge on any atom is -0.497 e. The molecule has 3 heterocycles. The lowest BCUT2D eigenvalue weighted by molar-refractivity contribution is 0.0422. The highest BCUT2D eigenvalue weighted by Crippen LogP contribution is 2.42. The van der Waals surface area contributed by atoms with E-state index in [1.54, 1.807) is 13.3 Å². The smallest absolute Gasteiger partial charge is 0.179 e. The largest absolute Gasteiger partial charge is 0.497 e. The SMILES string of the molecule is CCC1C[C@@H](OCc2ccc(OC)cc2)C[C@H]1c1nnc2cnc3[nH]ccc3n12. The van der Waals surface area contributed by atoms with Crippen LogP contribution in [-0.4, -0.2) is 37.8 Å². The Morgan fingerprint density at radius 2 is 2.00 bits per heavy atom. The number of hydrogen-bond acceptors (Lipinski definition) is 5. The standard InChI is InChI=1S/C22H25N5O2/c1-3-15-10-17(29-13-14-4-6-16(28-2)7-5-14)11-18(15)22-26-25-20-12-24-21-19(27(20)22)8-9-23-21/h4-9,12,15,17-18,23H,3,10-11,13H2,1-2H3/t15?,17-,18-/m1/s1. The second kappa shape index (κ2) is 7.48. The highest BCUT2D eigenvalue weighted by molar-refractivity contribution is 5.74. The molecule has 3 atom stereocenters. The summed E-state index contributed by atoms with van der Waals surface area (Å²) in [6.07, 6.45) is 7.03. The summed E-state index contributed by atoms with van der Waals surface area (Å²) in [4.78, 5) is 7.61. The Morgan fingerprint density at radius 3 is 2.79 bits per heavy atom. The quantitative estimate of drug-likeness (QED) is 0.535. The van der Waals surface area contributed by atoms with E-state index < -0.39 is 0 Å². The fourth-order valence-corrected chi connectivity index (χ4v) is 4.55. The molecule has 5 rings (SSSR count). The lowest BCUT2D eigenvalue weighted by Gasteiger charge is -2.15. The summed E-state index contributed by atoms with van der Waals surface area (Å²) in [6.45, 7) is 2.87. The second-order valence-electron chi connectivity index (χ2n) is 7.75. The van der Waals surface area contributed by atoms with E-state index in [1.807, 2.05) is 24.4 Å². The van der Waals surface area contributed by atoms with Crippen molar-refractivity contribution >= 4 is 16.8 Å². The van der Waals surface area contributed by atoms with E-state index in [-0.39, 0.29) is 6.10 Å². The number of rotatable bonds is 6. The minimum atomic E-state index is 0.225. The van der Waals surface area contributed by atoms with Gasteiger partial charge in [-0.2, -0.15) is 0 Å². The predicted octanol–water partition coefficient (Wildman–Crippen LogP) is 4.10. The third-order valence-corrected chi connectivity index (χ3v) is 6.12. The molecule has 1 aliphatic rings. The first-order valence-electron chi connectivity index (χ1n) is 10.2. The van der Waals surface area contributed by atoms with Crippen LogP contribution in [0.1, 0.15) is 43.5 Å². The van der Waals surface area contributed by atoms with Crippen molar-refractivity contribution in [1.82, 2.24) is 24.6 Å². The molecular weight excluding hydrogens is 366 g/mol. The zero-order valence-corrected chi connectivity index (χ0v) is 16.7. The zero-order valence-electron chi connectivity index (χ0n) is 16.7. The Kier molecular flexibility index (Phi) is 4.67. The molecule has 29 heavy (non-hydrogen) atoms. The van der Waals surface area contributed by atoms with Crippen molar-refractivity contribution in [3.05, 3.63) is 54.1 Å². The third-order valence-electron chi connectivity index (χ3n) is 6.12. The summed E-state index contributed by atoms with van der Waals surface area (Å²) in [7, 11) is 1.68. The van der Waals surface area contributed by atoms with Gasteiger partial charge in [0.05, 0.1) is 31.5 Å². The molecule has 0 aliphatic heterocycles. The molecule has 0 radical (unpaired) electrons. The highest BCUT2D eigenvalue weighted by Gasteiger charge is 2.37. The van der Waals surface area contributed by atoms with Crippen molar-refractivity contribution in [2.45, 2.75) is 44.8 Å². The van der Waals surface area contributed by atoms with Crippen molar-refractivity contribution in [3.63, 3.8) is 0 Å². The van der Waals surface area contributed by atoms with E-state index in [4.69, 9.17) is 9.47 Å². The number of fused-ring (bicyclic) bond motifs is 3. The molecule has 1 aliphatic carbocycles. The van der Waals surface area contributed by atoms with Gasteiger partial charge in [-0.25, -0.2) is 4.98 Å². The molecule has 7 nitrogen and oxygen atoms in total. The number of nitrogens with one attached hydrogen (secondary N) is 1. The van der Waals surface area contributed by atoms with E-state index in [9.17, 15) is 0 Å². The fourth-order valence-electron chi connectivity index (χ4n) is 4.55. The molecule has 1 aromatic carbocycles. The Hall–Kier alpha value is -2.93. The van der Waals surface area contributed by atoms with E-state index in [0.717, 1.165) is 53.2 Å². The molecule has 0 amide bonds. The highest BCUT2D eigenvalue weighted by atomic mass is 16.5. The molecule has 1 unspecified atom stereocenters. The van der Waals surface area contributed by atoms with E-state index in [0.29, 0.717) is 18.4 Å². The fraction of sp³-hybridized carbons (Fsp3) is 0.409. The van der Waals surface area contributed by atoms with Crippen molar-refractivity contribution in [1.29, 1.82) is 0 Å². The lowest BCUT2D eigenvalue weighted by atomic mass is 9.93. The summed E-state index contributed by atoms with van der Waals surface area (Å²) in [5, 5.41) is 8.95. The van der Waals surface area contributed by atoms with Crippen molar-refractivity contribution in [2.24, 2.45) is 5.92 Å². The van der Waals surface area contributed by atoms with Gasteiger partial charge in [-0.3, -0.25) is 4.40 Å². The van der Waals surface area contributed by atoms with Crippen LogP contribution >= 0.6 is 0 Å². The first-order chi connectivity index (χ1) is 14.3. The molecule has 0 saturated heterocycles. The Bertz CT molecular complexity index is 1120. The van der Waals surface area contributed by atoms with Crippen LogP contribution in [0.5, 0.6) is 5.75 Å². The lowest BCUT2D eigenvalue weighted by Crippen LogP contribution is -2.10. The van der Waals surface area contributed by atoms with Gasteiger partial charge in [-0.05, 0) is 42.5 Å². The van der Waals surface area contributed by atoms with Crippen LogP contribution < -0.4 is 4.74 Å². The summed E-state index contributed by atoms with van der Waals surface area (Å²) >= 11 is 0. The van der Waals surface area contributed by atoms with Crippen LogP contribution in [0.2, 0.25) is 0 Å². The minimum absolute atomic E-state index is 0.225. The van der Waals surface area contributed by atoms with Gasteiger partial charge in [0.2, 0.25) is 0 Å². The Morgan fingerprint density at radius 1 is 1.14 bits per heavy atom.